The van der Waals surface area contributed by atoms with Gasteiger partial charge in [-0.2, -0.15) is 0 Å². The lowest BCUT2D eigenvalue weighted by Crippen LogP contribution is -2.19. The first kappa shape index (κ1) is 13.7. The lowest BCUT2D eigenvalue weighted by Gasteiger charge is -2.23. The van der Waals surface area contributed by atoms with Crippen LogP contribution in [0, 0.1) is 0 Å². The molecule has 0 saturated carbocycles. The fourth-order valence-corrected chi connectivity index (χ4v) is 1.86. The molecule has 0 unspecified atom stereocenters. The summed E-state index contributed by atoms with van der Waals surface area (Å²) in [6, 6.07) is 3.88. The summed E-state index contributed by atoms with van der Waals surface area (Å²) >= 11 is 1.20. The molecule has 2 aromatic rings. The van der Waals surface area contributed by atoms with Crippen LogP contribution in [0.1, 0.15) is 25.1 Å². The quantitative estimate of drug-likeness (QED) is 0.901. The number of ether oxygens (including phenoxy) is 2. The van der Waals surface area contributed by atoms with Gasteiger partial charge in [0.1, 0.15) is 6.61 Å². The van der Waals surface area contributed by atoms with Crippen molar-refractivity contribution >= 4 is 16.5 Å². The van der Waals surface area contributed by atoms with Gasteiger partial charge in [0, 0.05) is 18.9 Å². The molecule has 7 heteroatoms. The minimum atomic E-state index is -0.347. The fraction of sp³-hybridized carbons (Fsp3) is 0.417. The van der Waals surface area contributed by atoms with Crippen LogP contribution in [0.15, 0.2) is 18.3 Å². The summed E-state index contributed by atoms with van der Waals surface area (Å²) in [6.45, 7) is 4.32. The Kier molecular flexibility index (Phi) is 3.96. The minimum Gasteiger partial charge on any atom is -0.462 e. The maximum Gasteiger partial charge on any atom is 0.296 e. The summed E-state index contributed by atoms with van der Waals surface area (Å²) in [6.07, 6.45) is 1.79. The van der Waals surface area contributed by atoms with Crippen molar-refractivity contribution in [2.45, 2.75) is 26.1 Å². The largest absolute Gasteiger partial charge is 0.462 e. The molecule has 6 nitrogen and oxygen atoms in total. The van der Waals surface area contributed by atoms with E-state index in [0.29, 0.717) is 16.9 Å². The smallest absolute Gasteiger partial charge is 0.296 e. The summed E-state index contributed by atoms with van der Waals surface area (Å²) in [5, 5.41) is 8.28. The molecule has 0 fully saturated rings. The van der Waals surface area contributed by atoms with Crippen molar-refractivity contribution in [2.75, 3.05) is 12.8 Å². The third-order valence-electron chi connectivity index (χ3n) is 2.80. The SMILES string of the molecule is COC(C)(C)c1ccc(COc2nnc(N)s2)nc1. The first-order valence-corrected chi connectivity index (χ1v) is 6.55. The molecule has 0 spiro atoms. The summed E-state index contributed by atoms with van der Waals surface area (Å²) < 4.78 is 10.8. The number of hydrogen-bond donors (Lipinski definition) is 1. The van der Waals surface area contributed by atoms with Gasteiger partial charge in [-0.25, -0.2) is 0 Å². The normalized spacial score (nSPS) is 11.5. The zero-order chi connectivity index (χ0) is 13.9. The maximum atomic E-state index is 5.47. The van der Waals surface area contributed by atoms with Gasteiger partial charge in [0.15, 0.2) is 0 Å². The molecular weight excluding hydrogens is 264 g/mol. The predicted octanol–water partition coefficient (Wildman–Crippen LogP) is 1.98. The first-order valence-electron chi connectivity index (χ1n) is 5.73. The van der Waals surface area contributed by atoms with Gasteiger partial charge in [-0.3, -0.25) is 4.98 Å². The Hall–Kier alpha value is -1.73. The average molecular weight is 280 g/mol. The van der Waals surface area contributed by atoms with Crippen molar-refractivity contribution in [1.82, 2.24) is 15.2 Å². The second kappa shape index (κ2) is 5.50. The molecule has 0 amide bonds. The molecule has 0 aromatic carbocycles. The van der Waals surface area contributed by atoms with Gasteiger partial charge in [-0.05, 0) is 31.3 Å². The van der Waals surface area contributed by atoms with E-state index in [2.05, 4.69) is 15.2 Å². The Labute approximate surface area is 115 Å². The molecule has 102 valence electrons. The molecule has 19 heavy (non-hydrogen) atoms. The molecule has 0 aliphatic carbocycles. The summed E-state index contributed by atoms with van der Waals surface area (Å²) in [7, 11) is 1.68. The molecule has 2 aromatic heterocycles. The van der Waals surface area contributed by atoms with Crippen LogP contribution in [0.5, 0.6) is 5.19 Å². The number of aromatic nitrogens is 3. The highest BCUT2D eigenvalue weighted by Gasteiger charge is 2.19. The highest BCUT2D eigenvalue weighted by molar-refractivity contribution is 7.16. The van der Waals surface area contributed by atoms with Gasteiger partial charge in [0.05, 0.1) is 11.3 Å². The number of methoxy groups -OCH3 is 1. The van der Waals surface area contributed by atoms with Crippen LogP contribution in [0.2, 0.25) is 0 Å². The van der Waals surface area contributed by atoms with Crippen LogP contribution in [0.4, 0.5) is 5.13 Å². The van der Waals surface area contributed by atoms with E-state index in [4.69, 9.17) is 15.2 Å². The minimum absolute atomic E-state index is 0.336. The Morgan fingerprint density at radius 2 is 2.11 bits per heavy atom. The zero-order valence-corrected chi connectivity index (χ0v) is 11.9. The Morgan fingerprint density at radius 1 is 1.32 bits per heavy atom. The number of nitrogen functional groups attached to an aromatic ring is 1. The van der Waals surface area contributed by atoms with Crippen molar-refractivity contribution in [3.63, 3.8) is 0 Å². The Morgan fingerprint density at radius 3 is 2.63 bits per heavy atom. The van der Waals surface area contributed by atoms with Crippen molar-refractivity contribution < 1.29 is 9.47 Å². The van der Waals surface area contributed by atoms with Crippen molar-refractivity contribution in [3.8, 4) is 5.19 Å². The number of nitrogens with two attached hydrogens (primary N) is 1. The number of hydrogen-bond acceptors (Lipinski definition) is 7. The van der Waals surface area contributed by atoms with E-state index in [-0.39, 0.29) is 5.60 Å². The zero-order valence-electron chi connectivity index (χ0n) is 11.1. The van der Waals surface area contributed by atoms with Gasteiger partial charge in [-0.1, -0.05) is 11.2 Å². The van der Waals surface area contributed by atoms with E-state index >= 15 is 0 Å². The molecule has 0 atom stereocenters. The predicted molar refractivity (Wildman–Crippen MR) is 72.9 cm³/mol. The van der Waals surface area contributed by atoms with Crippen molar-refractivity contribution in [2.24, 2.45) is 0 Å². The lowest BCUT2D eigenvalue weighted by molar-refractivity contribution is 0.0189. The number of nitrogens with zero attached hydrogens (tertiary/aromatic N) is 3. The van der Waals surface area contributed by atoms with E-state index in [1.165, 1.54) is 11.3 Å². The third kappa shape index (κ3) is 3.39. The van der Waals surface area contributed by atoms with E-state index in [1.807, 2.05) is 26.0 Å². The highest BCUT2D eigenvalue weighted by Crippen LogP contribution is 2.23. The van der Waals surface area contributed by atoms with Crippen LogP contribution in [0.3, 0.4) is 0 Å². The van der Waals surface area contributed by atoms with Crippen LogP contribution < -0.4 is 10.5 Å². The molecule has 0 aliphatic rings. The van der Waals surface area contributed by atoms with Gasteiger partial charge >= 0.3 is 0 Å². The molecule has 0 saturated heterocycles. The van der Waals surface area contributed by atoms with Gasteiger partial charge in [0.25, 0.3) is 5.19 Å². The van der Waals surface area contributed by atoms with Crippen LogP contribution in [-0.2, 0) is 16.9 Å². The topological polar surface area (TPSA) is 83.2 Å². The summed E-state index contributed by atoms with van der Waals surface area (Å²) in [4.78, 5) is 4.33. The van der Waals surface area contributed by atoms with Crippen LogP contribution in [0.25, 0.3) is 0 Å². The standard InChI is InChI=1S/C12H16N4O2S/c1-12(2,17-3)8-4-5-9(14-6-8)7-18-11-16-15-10(13)19-11/h4-6H,7H2,1-3H3,(H2,13,15). The molecule has 0 bridgehead atoms. The summed E-state index contributed by atoms with van der Waals surface area (Å²) in [5.41, 5.74) is 6.94. The molecule has 2 N–H and O–H groups in total. The molecule has 2 rings (SSSR count). The molecular formula is C12H16N4O2S. The Balaban J connectivity index is 1.99. The van der Waals surface area contributed by atoms with Gasteiger partial charge < -0.3 is 15.2 Å². The van der Waals surface area contributed by atoms with E-state index < -0.39 is 0 Å². The summed E-state index contributed by atoms with van der Waals surface area (Å²) in [5.74, 6) is 0. The Bertz CT molecular complexity index is 539. The van der Waals surface area contributed by atoms with Crippen molar-refractivity contribution in [1.29, 1.82) is 0 Å². The van der Waals surface area contributed by atoms with Gasteiger partial charge in [0.2, 0.25) is 5.13 Å². The van der Waals surface area contributed by atoms with Gasteiger partial charge in [-0.15, -0.1) is 5.10 Å². The molecule has 2 heterocycles. The fourth-order valence-electron chi connectivity index (χ4n) is 1.40. The van der Waals surface area contributed by atoms with E-state index in [1.54, 1.807) is 13.3 Å². The third-order valence-corrected chi connectivity index (χ3v) is 3.46. The molecule has 0 aliphatic heterocycles. The molecule has 0 radical (unpaired) electrons. The average Bonchev–Trinajstić information content (AvgIpc) is 2.83. The lowest BCUT2D eigenvalue weighted by atomic mass is 10.00. The van der Waals surface area contributed by atoms with E-state index in [9.17, 15) is 0 Å². The van der Waals surface area contributed by atoms with E-state index in [0.717, 1.165) is 11.3 Å². The second-order valence-electron chi connectivity index (χ2n) is 4.45. The van der Waals surface area contributed by atoms with Crippen LogP contribution >= 0.6 is 11.3 Å². The number of rotatable bonds is 5. The monoisotopic (exact) mass is 280 g/mol. The maximum absolute atomic E-state index is 5.47. The van der Waals surface area contributed by atoms with Crippen molar-refractivity contribution in [3.05, 3.63) is 29.6 Å². The number of anilines is 1. The highest BCUT2D eigenvalue weighted by atomic mass is 32.1. The van der Waals surface area contributed by atoms with Crippen LogP contribution in [-0.4, -0.2) is 22.3 Å². The number of pyridine rings is 1. The first-order chi connectivity index (χ1) is 9.01. The second-order valence-corrected chi connectivity index (χ2v) is 5.42.